The van der Waals surface area contributed by atoms with Crippen LogP contribution in [0.3, 0.4) is 0 Å². The Labute approximate surface area is 156 Å². The highest BCUT2D eigenvalue weighted by molar-refractivity contribution is 6.34. The van der Waals surface area contributed by atoms with Crippen molar-refractivity contribution >= 4 is 29.1 Å². The van der Waals surface area contributed by atoms with Crippen molar-refractivity contribution in [2.24, 2.45) is 0 Å². The van der Waals surface area contributed by atoms with E-state index in [0.717, 1.165) is 11.1 Å². The van der Waals surface area contributed by atoms with Gasteiger partial charge < -0.3 is 4.90 Å². The number of pyridine rings is 1. The Balaban J connectivity index is 1.92. The first-order valence-corrected chi connectivity index (χ1v) is 8.58. The van der Waals surface area contributed by atoms with Crippen LogP contribution in [0.5, 0.6) is 0 Å². The van der Waals surface area contributed by atoms with E-state index >= 15 is 0 Å². The minimum Gasteiger partial charge on any atom is -0.329 e. The van der Waals surface area contributed by atoms with Crippen LogP contribution in [0, 0.1) is 0 Å². The molecule has 0 aliphatic carbocycles. The van der Waals surface area contributed by atoms with Gasteiger partial charge in [-0.2, -0.15) is 0 Å². The second-order valence-corrected chi connectivity index (χ2v) is 6.39. The summed E-state index contributed by atoms with van der Waals surface area (Å²) in [5.41, 5.74) is 2.23. The summed E-state index contributed by atoms with van der Waals surface area (Å²) < 4.78 is 0. The fraction of sp³-hybridized carbons (Fsp3) is 0.100. The molecule has 25 heavy (non-hydrogen) atoms. The van der Waals surface area contributed by atoms with Gasteiger partial charge in [-0.05, 0) is 23.3 Å². The van der Waals surface area contributed by atoms with Crippen molar-refractivity contribution in [2.75, 3.05) is 0 Å². The van der Waals surface area contributed by atoms with E-state index in [1.165, 1.54) is 0 Å². The number of carbonyl (C=O) groups excluding carboxylic acids is 1. The molecule has 3 rings (SSSR count). The highest BCUT2D eigenvalue weighted by Crippen LogP contribution is 2.21. The standard InChI is InChI=1S/C20H16Cl2N2O/c21-17-11-12-18(22)23-19(17)20(25)24(13-15-7-3-1-4-8-15)14-16-9-5-2-6-10-16/h1-12H,13-14H2. The molecule has 5 heteroatoms. The van der Waals surface area contributed by atoms with Gasteiger partial charge in [-0.3, -0.25) is 4.79 Å². The summed E-state index contributed by atoms with van der Waals surface area (Å²) in [6.45, 7) is 0.915. The van der Waals surface area contributed by atoms with E-state index in [1.807, 2.05) is 60.7 Å². The lowest BCUT2D eigenvalue weighted by molar-refractivity contribution is 0.0724. The van der Waals surface area contributed by atoms with Crippen LogP contribution in [0.4, 0.5) is 0 Å². The van der Waals surface area contributed by atoms with Crippen LogP contribution < -0.4 is 0 Å². The summed E-state index contributed by atoms with van der Waals surface area (Å²) in [6, 6.07) is 22.8. The molecule has 0 atom stereocenters. The predicted octanol–water partition coefficient (Wildman–Crippen LogP) is 5.23. The van der Waals surface area contributed by atoms with E-state index in [-0.39, 0.29) is 16.8 Å². The van der Waals surface area contributed by atoms with Crippen molar-refractivity contribution in [1.29, 1.82) is 0 Å². The largest absolute Gasteiger partial charge is 0.329 e. The van der Waals surface area contributed by atoms with Crippen molar-refractivity contribution in [1.82, 2.24) is 9.88 Å². The van der Waals surface area contributed by atoms with E-state index < -0.39 is 0 Å². The summed E-state index contributed by atoms with van der Waals surface area (Å²) in [5.74, 6) is -0.250. The van der Waals surface area contributed by atoms with Gasteiger partial charge in [-0.15, -0.1) is 0 Å². The molecular formula is C20H16Cl2N2O. The molecule has 3 aromatic rings. The van der Waals surface area contributed by atoms with Crippen molar-refractivity contribution in [2.45, 2.75) is 13.1 Å². The first-order valence-electron chi connectivity index (χ1n) is 7.82. The summed E-state index contributed by atoms with van der Waals surface area (Å²) >= 11 is 12.1. The lowest BCUT2D eigenvalue weighted by Gasteiger charge is -2.23. The van der Waals surface area contributed by atoms with Gasteiger partial charge in [0.15, 0.2) is 0 Å². The molecule has 126 valence electrons. The number of nitrogens with zero attached hydrogens (tertiary/aromatic N) is 2. The van der Waals surface area contributed by atoms with Crippen LogP contribution in [-0.2, 0) is 13.1 Å². The minimum atomic E-state index is -0.250. The van der Waals surface area contributed by atoms with Crippen LogP contribution in [0.15, 0.2) is 72.8 Å². The van der Waals surface area contributed by atoms with E-state index in [0.29, 0.717) is 18.1 Å². The van der Waals surface area contributed by atoms with E-state index in [2.05, 4.69) is 4.98 Å². The Bertz CT molecular complexity index is 813. The molecule has 1 aromatic heterocycles. The molecule has 1 amide bonds. The van der Waals surface area contributed by atoms with E-state index in [9.17, 15) is 4.79 Å². The van der Waals surface area contributed by atoms with Gasteiger partial charge in [0.1, 0.15) is 10.8 Å². The zero-order valence-corrected chi connectivity index (χ0v) is 14.9. The van der Waals surface area contributed by atoms with E-state index in [4.69, 9.17) is 23.2 Å². The van der Waals surface area contributed by atoms with Gasteiger partial charge in [0, 0.05) is 13.1 Å². The highest BCUT2D eigenvalue weighted by atomic mass is 35.5. The number of benzene rings is 2. The molecule has 2 aromatic carbocycles. The molecule has 0 aliphatic rings. The van der Waals surface area contributed by atoms with Crippen LogP contribution in [0.2, 0.25) is 10.2 Å². The van der Waals surface area contributed by atoms with Crippen molar-refractivity contribution < 1.29 is 4.79 Å². The number of carbonyl (C=O) groups is 1. The van der Waals surface area contributed by atoms with Crippen LogP contribution >= 0.6 is 23.2 Å². The number of rotatable bonds is 5. The molecule has 1 heterocycles. The summed E-state index contributed by atoms with van der Waals surface area (Å²) in [5, 5.41) is 0.535. The second-order valence-electron chi connectivity index (χ2n) is 5.60. The van der Waals surface area contributed by atoms with Gasteiger partial charge in [-0.1, -0.05) is 83.9 Å². The molecule has 0 N–H and O–H groups in total. The zero-order valence-electron chi connectivity index (χ0n) is 13.4. The van der Waals surface area contributed by atoms with Crippen LogP contribution in [-0.4, -0.2) is 15.8 Å². The molecule has 0 saturated heterocycles. The lowest BCUT2D eigenvalue weighted by Crippen LogP contribution is -2.31. The monoisotopic (exact) mass is 370 g/mol. The number of halogens is 2. The van der Waals surface area contributed by atoms with Gasteiger partial charge >= 0.3 is 0 Å². The smallest absolute Gasteiger partial charge is 0.274 e. The number of amides is 1. The van der Waals surface area contributed by atoms with Crippen molar-refractivity contribution in [3.8, 4) is 0 Å². The Morgan fingerprint density at radius 3 is 1.84 bits per heavy atom. The first kappa shape index (κ1) is 17.5. The molecule has 0 saturated carbocycles. The molecule has 3 nitrogen and oxygen atoms in total. The Hall–Kier alpha value is -2.36. The number of aromatic nitrogens is 1. The number of hydrogen-bond donors (Lipinski definition) is 0. The number of hydrogen-bond acceptors (Lipinski definition) is 2. The Kier molecular flexibility index (Phi) is 5.69. The maximum Gasteiger partial charge on any atom is 0.274 e. The molecule has 0 bridgehead atoms. The normalized spacial score (nSPS) is 10.5. The molecule has 0 aliphatic heterocycles. The van der Waals surface area contributed by atoms with Gasteiger partial charge in [0.25, 0.3) is 5.91 Å². The van der Waals surface area contributed by atoms with Crippen molar-refractivity contribution in [3.05, 3.63) is 99.8 Å². The Morgan fingerprint density at radius 1 is 0.800 bits per heavy atom. The molecular weight excluding hydrogens is 355 g/mol. The van der Waals surface area contributed by atoms with Crippen LogP contribution in [0.1, 0.15) is 21.6 Å². The molecule has 0 unspecified atom stereocenters. The zero-order chi connectivity index (χ0) is 17.6. The highest BCUT2D eigenvalue weighted by Gasteiger charge is 2.21. The van der Waals surface area contributed by atoms with Crippen molar-refractivity contribution in [3.63, 3.8) is 0 Å². The quantitative estimate of drug-likeness (QED) is 0.576. The second kappa shape index (κ2) is 8.15. The summed E-state index contributed by atoms with van der Waals surface area (Å²) in [4.78, 5) is 18.9. The lowest BCUT2D eigenvalue weighted by atomic mass is 10.1. The SMILES string of the molecule is O=C(c1nc(Cl)ccc1Cl)N(Cc1ccccc1)Cc1ccccc1. The molecule has 0 spiro atoms. The predicted molar refractivity (Wildman–Crippen MR) is 101 cm³/mol. The third-order valence-corrected chi connectivity index (χ3v) is 4.25. The van der Waals surface area contributed by atoms with Gasteiger partial charge in [0.2, 0.25) is 0 Å². The van der Waals surface area contributed by atoms with Crippen LogP contribution in [0.25, 0.3) is 0 Å². The fourth-order valence-corrected chi connectivity index (χ4v) is 2.86. The molecule has 0 fully saturated rings. The third-order valence-electron chi connectivity index (χ3n) is 3.73. The molecule has 0 radical (unpaired) electrons. The fourth-order valence-electron chi connectivity index (χ4n) is 2.53. The third kappa shape index (κ3) is 4.59. The average Bonchev–Trinajstić information content (AvgIpc) is 2.64. The van der Waals surface area contributed by atoms with Gasteiger partial charge in [0.05, 0.1) is 5.02 Å². The Morgan fingerprint density at radius 2 is 1.32 bits per heavy atom. The summed E-state index contributed by atoms with van der Waals surface area (Å²) in [7, 11) is 0. The summed E-state index contributed by atoms with van der Waals surface area (Å²) in [6.07, 6.45) is 0. The maximum absolute atomic E-state index is 13.0. The first-order chi connectivity index (χ1) is 12.1. The topological polar surface area (TPSA) is 33.2 Å². The maximum atomic E-state index is 13.0. The van der Waals surface area contributed by atoms with E-state index in [1.54, 1.807) is 17.0 Å². The average molecular weight is 371 g/mol. The minimum absolute atomic E-state index is 0.168. The van der Waals surface area contributed by atoms with Gasteiger partial charge in [-0.25, -0.2) is 4.98 Å².